The van der Waals surface area contributed by atoms with E-state index in [1.165, 1.54) is 0 Å². The summed E-state index contributed by atoms with van der Waals surface area (Å²) in [5, 5.41) is 3.53. The minimum absolute atomic E-state index is 0.120. The zero-order valence-electron chi connectivity index (χ0n) is 8.16. The van der Waals surface area contributed by atoms with Crippen molar-refractivity contribution >= 4 is 17.0 Å². The molecule has 0 bridgehead atoms. The Bertz CT molecular complexity index is 648. The Kier molecular flexibility index (Phi) is 1.79. The normalized spacial score (nSPS) is 10.8. The minimum Gasteiger partial charge on any atom is -0.365 e. The van der Waals surface area contributed by atoms with E-state index in [0.717, 1.165) is 16.6 Å². The molecule has 0 fully saturated rings. The second-order valence-electron chi connectivity index (χ2n) is 3.22. The van der Waals surface area contributed by atoms with Crippen LogP contribution in [0.15, 0.2) is 35.1 Å². The van der Waals surface area contributed by atoms with Gasteiger partial charge in [0, 0.05) is 18.0 Å². The summed E-state index contributed by atoms with van der Waals surface area (Å²) in [5.41, 5.74) is 7.75. The van der Waals surface area contributed by atoms with Crippen LogP contribution in [-0.2, 0) is 0 Å². The Hall–Kier alpha value is -2.50. The Balaban J connectivity index is 2.18. The molecule has 6 nitrogen and oxygen atoms in total. The number of nitrogen functional groups attached to an aromatic ring is 1. The van der Waals surface area contributed by atoms with Crippen molar-refractivity contribution in [3.63, 3.8) is 0 Å². The summed E-state index contributed by atoms with van der Waals surface area (Å²) < 4.78 is 4.96. The number of benzene rings is 1. The second-order valence-corrected chi connectivity index (χ2v) is 3.22. The smallest absolute Gasteiger partial charge is 0.261 e. The van der Waals surface area contributed by atoms with Crippen molar-refractivity contribution in [1.82, 2.24) is 20.1 Å². The molecule has 78 valence electrons. The molecule has 6 heteroatoms. The van der Waals surface area contributed by atoms with Crippen molar-refractivity contribution in [2.45, 2.75) is 0 Å². The summed E-state index contributed by atoms with van der Waals surface area (Å²) in [6.45, 7) is 0. The Morgan fingerprint density at radius 1 is 1.06 bits per heavy atom. The van der Waals surface area contributed by atoms with Gasteiger partial charge in [0.2, 0.25) is 0 Å². The molecule has 0 saturated carbocycles. The maximum atomic E-state index is 5.38. The lowest BCUT2D eigenvalue weighted by Crippen LogP contribution is -1.86. The number of hydrogen-bond donors (Lipinski definition) is 1. The predicted octanol–water partition coefficient (Wildman–Crippen LogP) is 1.26. The number of nitrogens with zero attached hydrogens (tertiary/aromatic N) is 4. The van der Waals surface area contributed by atoms with Crippen LogP contribution >= 0.6 is 0 Å². The van der Waals surface area contributed by atoms with E-state index in [4.69, 9.17) is 10.3 Å². The van der Waals surface area contributed by atoms with Crippen LogP contribution in [-0.4, -0.2) is 20.1 Å². The van der Waals surface area contributed by atoms with Crippen LogP contribution in [0.2, 0.25) is 0 Å². The number of hydrogen-bond acceptors (Lipinski definition) is 6. The monoisotopic (exact) mass is 213 g/mol. The van der Waals surface area contributed by atoms with E-state index in [1.807, 2.05) is 18.2 Å². The largest absolute Gasteiger partial charge is 0.365 e. The quantitative estimate of drug-likeness (QED) is 0.654. The summed E-state index contributed by atoms with van der Waals surface area (Å²) in [6, 6.07) is 5.51. The van der Waals surface area contributed by atoms with Gasteiger partial charge in [0.15, 0.2) is 0 Å². The summed E-state index contributed by atoms with van der Waals surface area (Å²) in [5.74, 6) is 0.499. The van der Waals surface area contributed by atoms with Gasteiger partial charge in [-0.05, 0) is 23.4 Å². The van der Waals surface area contributed by atoms with Gasteiger partial charge in [-0.2, -0.15) is 4.98 Å². The van der Waals surface area contributed by atoms with Crippen LogP contribution in [0.3, 0.4) is 0 Å². The molecule has 0 radical (unpaired) electrons. The van der Waals surface area contributed by atoms with Crippen molar-refractivity contribution in [2.24, 2.45) is 0 Å². The van der Waals surface area contributed by atoms with Crippen molar-refractivity contribution in [3.05, 3.63) is 30.6 Å². The van der Waals surface area contributed by atoms with Crippen molar-refractivity contribution < 1.29 is 4.52 Å². The van der Waals surface area contributed by atoms with Gasteiger partial charge < -0.3 is 10.3 Å². The lowest BCUT2D eigenvalue weighted by molar-refractivity contribution is 0.433. The lowest BCUT2D eigenvalue weighted by atomic mass is 10.2. The number of aromatic nitrogens is 4. The average molecular weight is 213 g/mol. The van der Waals surface area contributed by atoms with E-state index >= 15 is 0 Å². The Labute approximate surface area is 90.1 Å². The van der Waals surface area contributed by atoms with Gasteiger partial charge in [-0.1, -0.05) is 0 Å². The predicted molar refractivity (Wildman–Crippen MR) is 57.2 cm³/mol. The topological polar surface area (TPSA) is 90.7 Å². The molecule has 0 amide bonds. The molecule has 0 aliphatic rings. The third-order valence-corrected chi connectivity index (χ3v) is 2.16. The molecule has 2 N–H and O–H groups in total. The summed E-state index contributed by atoms with van der Waals surface area (Å²) in [4.78, 5) is 12.3. The summed E-state index contributed by atoms with van der Waals surface area (Å²) in [6.07, 6.45) is 3.28. The first kappa shape index (κ1) is 8.78. The third-order valence-electron chi connectivity index (χ3n) is 2.16. The van der Waals surface area contributed by atoms with E-state index in [1.54, 1.807) is 12.4 Å². The molecule has 3 aromatic rings. The van der Waals surface area contributed by atoms with E-state index < -0.39 is 0 Å². The first-order chi connectivity index (χ1) is 7.83. The van der Waals surface area contributed by atoms with Crippen LogP contribution in [0.4, 0.5) is 5.95 Å². The van der Waals surface area contributed by atoms with Gasteiger partial charge in [-0.15, -0.1) is 0 Å². The van der Waals surface area contributed by atoms with Crippen LogP contribution < -0.4 is 5.73 Å². The highest BCUT2D eigenvalue weighted by Crippen LogP contribution is 2.20. The zero-order chi connectivity index (χ0) is 11.0. The number of rotatable bonds is 1. The van der Waals surface area contributed by atoms with Gasteiger partial charge in [0.05, 0.1) is 11.0 Å². The average Bonchev–Trinajstić information content (AvgIpc) is 2.75. The van der Waals surface area contributed by atoms with Gasteiger partial charge in [-0.3, -0.25) is 9.97 Å². The fraction of sp³-hybridized carbons (Fsp3) is 0. The van der Waals surface area contributed by atoms with E-state index in [-0.39, 0.29) is 5.95 Å². The van der Waals surface area contributed by atoms with Gasteiger partial charge in [0.25, 0.3) is 11.8 Å². The van der Waals surface area contributed by atoms with Gasteiger partial charge >= 0.3 is 0 Å². The van der Waals surface area contributed by atoms with Crippen molar-refractivity contribution in [3.8, 4) is 11.5 Å². The molecule has 3 rings (SSSR count). The highest BCUT2D eigenvalue weighted by atomic mass is 16.5. The third kappa shape index (κ3) is 1.36. The number of anilines is 1. The molecule has 0 saturated heterocycles. The van der Waals surface area contributed by atoms with Gasteiger partial charge in [0.1, 0.15) is 0 Å². The molecule has 0 unspecified atom stereocenters. The second kappa shape index (κ2) is 3.27. The van der Waals surface area contributed by atoms with Crippen LogP contribution in [0.1, 0.15) is 0 Å². The highest BCUT2D eigenvalue weighted by molar-refractivity contribution is 5.79. The fourth-order valence-electron chi connectivity index (χ4n) is 1.45. The molecule has 0 aliphatic heterocycles. The molecular weight excluding hydrogens is 206 g/mol. The maximum absolute atomic E-state index is 5.38. The summed E-state index contributed by atoms with van der Waals surface area (Å²) >= 11 is 0. The lowest BCUT2D eigenvalue weighted by Gasteiger charge is -1.97. The molecule has 16 heavy (non-hydrogen) atoms. The van der Waals surface area contributed by atoms with Crippen molar-refractivity contribution in [2.75, 3.05) is 5.73 Å². The molecule has 2 heterocycles. The van der Waals surface area contributed by atoms with Crippen LogP contribution in [0.5, 0.6) is 0 Å². The van der Waals surface area contributed by atoms with E-state index in [2.05, 4.69) is 20.1 Å². The van der Waals surface area contributed by atoms with Crippen molar-refractivity contribution in [1.29, 1.82) is 0 Å². The van der Waals surface area contributed by atoms with Gasteiger partial charge in [-0.25, -0.2) is 0 Å². The molecular formula is C10H7N5O. The maximum Gasteiger partial charge on any atom is 0.261 e. The Morgan fingerprint density at radius 2 is 1.88 bits per heavy atom. The zero-order valence-corrected chi connectivity index (χ0v) is 8.16. The standard InChI is InChI=1S/C10H7N5O/c11-10-14-9(16-15-10)6-1-2-7-8(5-6)13-4-3-12-7/h1-5H,(H2,11,15). The molecule has 0 spiro atoms. The first-order valence-electron chi connectivity index (χ1n) is 4.63. The molecule has 2 aromatic heterocycles. The SMILES string of the molecule is Nc1noc(-c2ccc3nccnc3c2)n1. The molecule has 0 atom stereocenters. The van der Waals surface area contributed by atoms with Crippen LogP contribution in [0.25, 0.3) is 22.5 Å². The molecule has 1 aromatic carbocycles. The van der Waals surface area contributed by atoms with E-state index in [9.17, 15) is 0 Å². The minimum atomic E-state index is 0.120. The highest BCUT2D eigenvalue weighted by Gasteiger charge is 2.07. The van der Waals surface area contributed by atoms with E-state index in [0.29, 0.717) is 5.89 Å². The fourth-order valence-corrected chi connectivity index (χ4v) is 1.45. The number of nitrogens with two attached hydrogens (primary N) is 1. The molecule has 0 aliphatic carbocycles. The van der Waals surface area contributed by atoms with Crippen LogP contribution in [0, 0.1) is 0 Å². The summed E-state index contributed by atoms with van der Waals surface area (Å²) in [7, 11) is 0. The first-order valence-corrected chi connectivity index (χ1v) is 4.63. The number of fused-ring (bicyclic) bond motifs is 1. The Morgan fingerprint density at radius 3 is 2.62 bits per heavy atom.